The zero-order valence-corrected chi connectivity index (χ0v) is 8.92. The summed E-state index contributed by atoms with van der Waals surface area (Å²) >= 11 is 0. The van der Waals surface area contributed by atoms with E-state index in [1.54, 1.807) is 0 Å². The number of hydrogen-bond acceptors (Lipinski definition) is 1. The van der Waals surface area contributed by atoms with Crippen LogP contribution in [0.4, 0.5) is 0 Å². The number of nitrogens with one attached hydrogen (secondary N) is 1. The fraction of sp³-hybridized carbons (Fsp3) is 0.538. The summed E-state index contributed by atoms with van der Waals surface area (Å²) in [6.07, 6.45) is 3.83. The molecule has 2 rings (SSSR count). The van der Waals surface area contributed by atoms with Crippen LogP contribution in [0.1, 0.15) is 31.7 Å². The smallest absolute Gasteiger partial charge is 0.00255 e. The summed E-state index contributed by atoms with van der Waals surface area (Å²) in [4.78, 5) is 0. The van der Waals surface area contributed by atoms with Crippen LogP contribution in [0.2, 0.25) is 0 Å². The molecule has 0 unspecified atom stereocenters. The largest absolute Gasteiger partial charge is 0.317 e. The van der Waals surface area contributed by atoms with Gasteiger partial charge < -0.3 is 5.32 Å². The summed E-state index contributed by atoms with van der Waals surface area (Å²) in [6, 6.07) is 11.0. The first kappa shape index (κ1) is 9.72. The minimum absolute atomic E-state index is 0.451. The molecule has 76 valence electrons. The molecule has 1 aromatic rings. The second kappa shape index (κ2) is 4.14. The van der Waals surface area contributed by atoms with E-state index in [1.165, 1.54) is 37.9 Å². The van der Waals surface area contributed by atoms with Crippen molar-refractivity contribution in [3.8, 4) is 0 Å². The molecule has 0 aromatic heterocycles. The summed E-state index contributed by atoms with van der Waals surface area (Å²) in [6.45, 7) is 4.66. The van der Waals surface area contributed by atoms with Crippen molar-refractivity contribution < 1.29 is 0 Å². The zero-order chi connectivity index (χ0) is 9.86. The molecular weight excluding hydrogens is 170 g/mol. The van der Waals surface area contributed by atoms with Crippen molar-refractivity contribution in [1.82, 2.24) is 5.32 Å². The number of piperidine rings is 1. The van der Waals surface area contributed by atoms with Gasteiger partial charge in [-0.2, -0.15) is 0 Å². The summed E-state index contributed by atoms with van der Waals surface area (Å²) in [7, 11) is 0. The molecule has 1 nitrogen and oxygen atoms in total. The fourth-order valence-corrected chi connectivity index (χ4v) is 2.54. The first-order valence-electron chi connectivity index (χ1n) is 5.64. The van der Waals surface area contributed by atoms with Gasteiger partial charge in [-0.3, -0.25) is 0 Å². The molecule has 1 aromatic carbocycles. The second-order valence-electron chi connectivity index (χ2n) is 4.25. The second-order valence-corrected chi connectivity index (χ2v) is 4.25. The van der Waals surface area contributed by atoms with Gasteiger partial charge in [-0.15, -0.1) is 0 Å². The average Bonchev–Trinajstić information content (AvgIpc) is 2.31. The lowest BCUT2D eigenvalue weighted by Gasteiger charge is -2.37. The van der Waals surface area contributed by atoms with Gasteiger partial charge in [-0.1, -0.05) is 37.3 Å². The monoisotopic (exact) mass is 189 g/mol. The van der Waals surface area contributed by atoms with E-state index >= 15 is 0 Å². The standard InChI is InChI=1S/C13H19N/c1-2-13(8-10-14-11-9-13)12-6-4-3-5-7-12/h3-7,14H,2,8-11H2,1H3. The van der Waals surface area contributed by atoms with Crippen molar-refractivity contribution in [1.29, 1.82) is 0 Å². The van der Waals surface area contributed by atoms with Crippen LogP contribution in [0, 0.1) is 0 Å². The molecule has 0 bridgehead atoms. The van der Waals surface area contributed by atoms with Gasteiger partial charge in [0.1, 0.15) is 0 Å². The Morgan fingerprint density at radius 2 is 1.79 bits per heavy atom. The molecule has 1 aliphatic rings. The lowest BCUT2D eigenvalue weighted by Crippen LogP contribution is -2.39. The normalized spacial score (nSPS) is 20.6. The highest BCUT2D eigenvalue weighted by Gasteiger charge is 2.31. The van der Waals surface area contributed by atoms with Gasteiger partial charge in [0, 0.05) is 0 Å². The molecule has 0 saturated carbocycles. The molecule has 14 heavy (non-hydrogen) atoms. The molecule has 1 fully saturated rings. The maximum Gasteiger partial charge on any atom is -0.00255 e. The van der Waals surface area contributed by atoms with Crippen LogP contribution < -0.4 is 5.32 Å². The van der Waals surface area contributed by atoms with E-state index in [4.69, 9.17) is 0 Å². The molecule has 0 radical (unpaired) electrons. The summed E-state index contributed by atoms with van der Waals surface area (Å²) in [5, 5.41) is 3.44. The van der Waals surface area contributed by atoms with E-state index in [0.29, 0.717) is 5.41 Å². The highest BCUT2D eigenvalue weighted by Crippen LogP contribution is 2.36. The Bertz CT molecular complexity index is 273. The Morgan fingerprint density at radius 3 is 2.36 bits per heavy atom. The molecule has 0 spiro atoms. The molecule has 1 heteroatoms. The third-order valence-corrected chi connectivity index (χ3v) is 3.62. The third kappa shape index (κ3) is 1.69. The van der Waals surface area contributed by atoms with E-state index < -0.39 is 0 Å². The van der Waals surface area contributed by atoms with Crippen LogP contribution in [-0.4, -0.2) is 13.1 Å². The van der Waals surface area contributed by atoms with Crippen molar-refractivity contribution >= 4 is 0 Å². The molecular formula is C13H19N. The Kier molecular flexibility index (Phi) is 2.87. The molecule has 0 atom stereocenters. The van der Waals surface area contributed by atoms with Crippen molar-refractivity contribution in [2.24, 2.45) is 0 Å². The Balaban J connectivity index is 2.27. The van der Waals surface area contributed by atoms with E-state index in [0.717, 1.165) is 0 Å². The number of rotatable bonds is 2. The first-order valence-corrected chi connectivity index (χ1v) is 5.64. The highest BCUT2D eigenvalue weighted by molar-refractivity contribution is 5.25. The zero-order valence-electron chi connectivity index (χ0n) is 8.92. The lowest BCUT2D eigenvalue weighted by molar-refractivity contribution is 0.298. The Morgan fingerprint density at radius 1 is 1.14 bits per heavy atom. The Labute approximate surface area is 86.5 Å². The van der Waals surface area contributed by atoms with Crippen LogP contribution in [0.3, 0.4) is 0 Å². The number of benzene rings is 1. The predicted molar refractivity (Wildman–Crippen MR) is 60.5 cm³/mol. The molecule has 1 heterocycles. The van der Waals surface area contributed by atoms with Gasteiger partial charge in [0.25, 0.3) is 0 Å². The lowest BCUT2D eigenvalue weighted by atomic mass is 9.71. The SMILES string of the molecule is CCC1(c2ccccc2)CCNCC1. The van der Waals surface area contributed by atoms with Crippen LogP contribution in [-0.2, 0) is 5.41 Å². The topological polar surface area (TPSA) is 12.0 Å². The first-order chi connectivity index (χ1) is 6.87. The van der Waals surface area contributed by atoms with Crippen LogP contribution in [0.25, 0.3) is 0 Å². The molecule has 1 saturated heterocycles. The van der Waals surface area contributed by atoms with Crippen molar-refractivity contribution in [3.05, 3.63) is 35.9 Å². The van der Waals surface area contributed by atoms with Crippen molar-refractivity contribution in [3.63, 3.8) is 0 Å². The molecule has 0 amide bonds. The van der Waals surface area contributed by atoms with Gasteiger partial charge in [-0.05, 0) is 43.3 Å². The summed E-state index contributed by atoms with van der Waals surface area (Å²) in [5.74, 6) is 0. The van der Waals surface area contributed by atoms with E-state index in [9.17, 15) is 0 Å². The van der Waals surface area contributed by atoms with Gasteiger partial charge in [0.15, 0.2) is 0 Å². The van der Waals surface area contributed by atoms with E-state index in [1.807, 2.05) is 0 Å². The highest BCUT2D eigenvalue weighted by atomic mass is 14.9. The minimum Gasteiger partial charge on any atom is -0.317 e. The van der Waals surface area contributed by atoms with E-state index in [2.05, 4.69) is 42.6 Å². The van der Waals surface area contributed by atoms with Gasteiger partial charge in [-0.25, -0.2) is 0 Å². The quantitative estimate of drug-likeness (QED) is 0.754. The van der Waals surface area contributed by atoms with Crippen LogP contribution >= 0.6 is 0 Å². The molecule has 0 aliphatic carbocycles. The number of hydrogen-bond donors (Lipinski definition) is 1. The summed E-state index contributed by atoms with van der Waals surface area (Å²) in [5.41, 5.74) is 1.98. The van der Waals surface area contributed by atoms with Crippen LogP contribution in [0.5, 0.6) is 0 Å². The van der Waals surface area contributed by atoms with Crippen molar-refractivity contribution in [2.75, 3.05) is 13.1 Å². The van der Waals surface area contributed by atoms with Gasteiger partial charge >= 0.3 is 0 Å². The van der Waals surface area contributed by atoms with Crippen molar-refractivity contribution in [2.45, 2.75) is 31.6 Å². The maximum absolute atomic E-state index is 3.44. The van der Waals surface area contributed by atoms with Gasteiger partial charge in [0.2, 0.25) is 0 Å². The fourth-order valence-electron chi connectivity index (χ4n) is 2.54. The molecule has 1 aliphatic heterocycles. The third-order valence-electron chi connectivity index (χ3n) is 3.62. The van der Waals surface area contributed by atoms with E-state index in [-0.39, 0.29) is 0 Å². The van der Waals surface area contributed by atoms with Gasteiger partial charge in [0.05, 0.1) is 0 Å². The van der Waals surface area contributed by atoms with Crippen LogP contribution in [0.15, 0.2) is 30.3 Å². The summed E-state index contributed by atoms with van der Waals surface area (Å²) < 4.78 is 0. The molecule has 1 N–H and O–H groups in total. The maximum atomic E-state index is 3.44. The average molecular weight is 189 g/mol. The minimum atomic E-state index is 0.451. The Hall–Kier alpha value is -0.820. The predicted octanol–water partition coefficient (Wildman–Crippen LogP) is 2.72.